The first-order valence-electron chi connectivity index (χ1n) is 10.7. The monoisotopic (exact) mass is 503 g/mol. The van der Waals surface area contributed by atoms with Crippen molar-refractivity contribution in [2.24, 2.45) is 0 Å². The van der Waals surface area contributed by atoms with Gasteiger partial charge >= 0.3 is 0 Å². The topological polar surface area (TPSA) is 63.7 Å². The predicted molar refractivity (Wildman–Crippen MR) is 140 cm³/mol. The van der Waals surface area contributed by atoms with E-state index in [-0.39, 0.29) is 16.2 Å². The van der Waals surface area contributed by atoms with E-state index in [4.69, 9.17) is 16.3 Å². The van der Waals surface area contributed by atoms with Crippen molar-refractivity contribution >= 4 is 44.9 Å². The van der Waals surface area contributed by atoms with E-state index in [1.807, 2.05) is 36.4 Å². The summed E-state index contributed by atoms with van der Waals surface area (Å²) in [5, 5.41) is 0.389. The average Bonchev–Trinajstić information content (AvgIpc) is 2.89. The number of carbonyl (C=O) groups excluding carboxylic acids is 1. The van der Waals surface area contributed by atoms with Crippen molar-refractivity contribution in [2.75, 3.05) is 11.4 Å². The molecule has 0 aliphatic rings. The van der Waals surface area contributed by atoms with Crippen LogP contribution < -0.4 is 9.04 Å². The normalized spacial score (nSPS) is 11.7. The lowest BCUT2D eigenvalue weighted by molar-refractivity contribution is -0.112. The first-order valence-corrected chi connectivity index (χ1v) is 12.5. The molecule has 7 heteroatoms. The minimum Gasteiger partial charge on any atom is -0.497 e. The van der Waals surface area contributed by atoms with Crippen molar-refractivity contribution in [1.82, 2.24) is 0 Å². The standard InChI is InChI=1S/C28H22ClNO4S/c1-34-25-16-14-24(15-17-25)30(35(32,33)26-18-12-23(29)13-19-26)28(31)27(22-10-6-3-7-11-22)20-21-8-4-2-5-9-21/h2-20H,1H3/b27-20+. The van der Waals surface area contributed by atoms with Crippen LogP contribution in [0.15, 0.2) is 114 Å². The molecule has 4 aromatic rings. The number of hydrogen-bond acceptors (Lipinski definition) is 4. The molecule has 0 aliphatic carbocycles. The van der Waals surface area contributed by atoms with Crippen LogP contribution in [0.3, 0.4) is 0 Å². The average molecular weight is 504 g/mol. The molecule has 0 unspecified atom stereocenters. The number of halogens is 1. The van der Waals surface area contributed by atoms with E-state index in [9.17, 15) is 13.2 Å². The van der Waals surface area contributed by atoms with Gasteiger partial charge in [-0.2, -0.15) is 4.31 Å². The number of ether oxygens (including phenoxy) is 1. The SMILES string of the molecule is COc1ccc(N(C(=O)/C(=C/c2ccccc2)c2ccccc2)S(=O)(=O)c2ccc(Cl)cc2)cc1. The van der Waals surface area contributed by atoms with Gasteiger partial charge in [-0.3, -0.25) is 4.79 Å². The Morgan fingerprint density at radius 1 is 0.800 bits per heavy atom. The summed E-state index contributed by atoms with van der Waals surface area (Å²) in [7, 11) is -2.78. The van der Waals surface area contributed by atoms with E-state index in [0.717, 1.165) is 9.87 Å². The summed E-state index contributed by atoms with van der Waals surface area (Å²) in [6, 6.07) is 30.2. The van der Waals surface area contributed by atoms with Crippen LogP contribution in [0, 0.1) is 0 Å². The molecule has 0 heterocycles. The van der Waals surface area contributed by atoms with Crippen LogP contribution in [0.25, 0.3) is 11.6 Å². The van der Waals surface area contributed by atoms with E-state index in [1.165, 1.54) is 43.5 Å². The van der Waals surface area contributed by atoms with Gasteiger partial charge in [-0.25, -0.2) is 8.42 Å². The summed E-state index contributed by atoms with van der Waals surface area (Å²) in [6.45, 7) is 0. The zero-order chi connectivity index (χ0) is 24.8. The number of sulfonamides is 1. The lowest BCUT2D eigenvalue weighted by atomic mass is 10.0. The smallest absolute Gasteiger partial charge is 0.272 e. The molecule has 0 aliphatic heterocycles. The van der Waals surface area contributed by atoms with Gasteiger partial charge in [-0.15, -0.1) is 0 Å². The minimum atomic E-state index is -4.29. The summed E-state index contributed by atoms with van der Waals surface area (Å²) < 4.78 is 33.7. The molecule has 0 spiro atoms. The molecule has 5 nitrogen and oxygen atoms in total. The van der Waals surface area contributed by atoms with Gasteiger partial charge in [-0.1, -0.05) is 72.3 Å². The maximum atomic E-state index is 14.1. The molecule has 35 heavy (non-hydrogen) atoms. The molecule has 0 radical (unpaired) electrons. The number of rotatable bonds is 7. The molecule has 0 bridgehead atoms. The second-order valence-corrected chi connectivity index (χ2v) is 9.78. The Morgan fingerprint density at radius 3 is 1.94 bits per heavy atom. The summed E-state index contributed by atoms with van der Waals surface area (Å²) in [4.78, 5) is 14.1. The molecule has 0 N–H and O–H groups in total. The third kappa shape index (κ3) is 5.45. The minimum absolute atomic E-state index is 0.0572. The number of amides is 1. The molecule has 4 rings (SSSR count). The zero-order valence-electron chi connectivity index (χ0n) is 18.8. The highest BCUT2D eigenvalue weighted by Crippen LogP contribution is 2.31. The Kier molecular flexibility index (Phi) is 7.34. The molecule has 0 aromatic heterocycles. The Hall–Kier alpha value is -3.87. The summed E-state index contributed by atoms with van der Waals surface area (Å²) in [5.74, 6) is -0.159. The highest BCUT2D eigenvalue weighted by Gasteiger charge is 2.33. The van der Waals surface area contributed by atoms with E-state index >= 15 is 0 Å². The van der Waals surface area contributed by atoms with Crippen molar-refractivity contribution < 1.29 is 17.9 Å². The van der Waals surface area contributed by atoms with E-state index in [1.54, 1.807) is 42.5 Å². The molecular weight excluding hydrogens is 482 g/mol. The number of methoxy groups -OCH3 is 1. The highest BCUT2D eigenvalue weighted by molar-refractivity contribution is 7.93. The van der Waals surface area contributed by atoms with Gasteiger partial charge in [0, 0.05) is 10.6 Å². The predicted octanol–water partition coefficient (Wildman–Crippen LogP) is 6.31. The third-order valence-electron chi connectivity index (χ3n) is 5.27. The van der Waals surface area contributed by atoms with Gasteiger partial charge in [0.2, 0.25) is 0 Å². The maximum Gasteiger partial charge on any atom is 0.272 e. The Balaban J connectivity index is 1.91. The Bertz CT molecular complexity index is 1430. The summed E-state index contributed by atoms with van der Waals surface area (Å²) in [6.07, 6.45) is 1.69. The second-order valence-electron chi connectivity index (χ2n) is 7.56. The van der Waals surface area contributed by atoms with Gasteiger partial charge in [0.15, 0.2) is 0 Å². The van der Waals surface area contributed by atoms with E-state index in [2.05, 4.69) is 0 Å². The van der Waals surface area contributed by atoms with Crippen molar-refractivity contribution in [3.05, 3.63) is 125 Å². The second kappa shape index (κ2) is 10.6. The van der Waals surface area contributed by atoms with Crippen LogP contribution in [-0.4, -0.2) is 21.4 Å². The van der Waals surface area contributed by atoms with Gasteiger partial charge in [0.1, 0.15) is 5.75 Å². The molecule has 176 valence electrons. The van der Waals surface area contributed by atoms with Crippen molar-refractivity contribution in [1.29, 1.82) is 0 Å². The first kappa shape index (κ1) is 24.3. The van der Waals surface area contributed by atoms with Crippen LogP contribution in [0.4, 0.5) is 5.69 Å². The molecule has 0 fully saturated rings. The van der Waals surface area contributed by atoms with E-state index in [0.29, 0.717) is 16.3 Å². The number of hydrogen-bond donors (Lipinski definition) is 0. The first-order chi connectivity index (χ1) is 16.9. The number of anilines is 1. The zero-order valence-corrected chi connectivity index (χ0v) is 20.4. The number of carbonyl (C=O) groups is 1. The Morgan fingerprint density at radius 2 is 1.37 bits per heavy atom. The molecule has 0 atom stereocenters. The quantitative estimate of drug-likeness (QED) is 0.219. The van der Waals surface area contributed by atoms with Gasteiger partial charge in [0.05, 0.1) is 17.7 Å². The number of nitrogens with zero attached hydrogens (tertiary/aromatic N) is 1. The maximum absolute atomic E-state index is 14.1. The fourth-order valence-corrected chi connectivity index (χ4v) is 5.04. The van der Waals surface area contributed by atoms with Crippen molar-refractivity contribution in [3.8, 4) is 5.75 Å². The van der Waals surface area contributed by atoms with Crippen LogP contribution in [0.5, 0.6) is 5.75 Å². The lowest BCUT2D eigenvalue weighted by Crippen LogP contribution is -2.37. The van der Waals surface area contributed by atoms with Crippen LogP contribution in [0.2, 0.25) is 5.02 Å². The van der Waals surface area contributed by atoms with Crippen LogP contribution in [0.1, 0.15) is 11.1 Å². The van der Waals surface area contributed by atoms with Crippen LogP contribution in [-0.2, 0) is 14.8 Å². The fraction of sp³-hybridized carbons (Fsp3) is 0.0357. The number of benzene rings is 4. The molecule has 0 saturated heterocycles. The summed E-state index contributed by atoms with van der Waals surface area (Å²) >= 11 is 5.98. The van der Waals surface area contributed by atoms with Gasteiger partial charge < -0.3 is 4.74 Å². The van der Waals surface area contributed by atoms with Crippen molar-refractivity contribution in [2.45, 2.75) is 4.90 Å². The molecular formula is C28H22ClNO4S. The fourth-order valence-electron chi connectivity index (χ4n) is 3.51. The van der Waals surface area contributed by atoms with Crippen molar-refractivity contribution in [3.63, 3.8) is 0 Å². The molecule has 0 saturated carbocycles. The molecule has 4 aromatic carbocycles. The largest absolute Gasteiger partial charge is 0.497 e. The van der Waals surface area contributed by atoms with Gasteiger partial charge in [-0.05, 0) is 65.7 Å². The Labute approximate surface area is 209 Å². The third-order valence-corrected chi connectivity index (χ3v) is 7.25. The van der Waals surface area contributed by atoms with Crippen LogP contribution >= 0.6 is 11.6 Å². The highest BCUT2D eigenvalue weighted by atomic mass is 35.5. The van der Waals surface area contributed by atoms with E-state index < -0.39 is 15.9 Å². The lowest BCUT2D eigenvalue weighted by Gasteiger charge is -2.24. The van der Waals surface area contributed by atoms with Gasteiger partial charge in [0.25, 0.3) is 15.9 Å². The summed E-state index contributed by atoms with van der Waals surface area (Å²) in [5.41, 5.74) is 1.76. The molecule has 1 amide bonds.